The van der Waals surface area contributed by atoms with Crippen LogP contribution in [0.15, 0.2) is 18.3 Å². The molecule has 1 aromatic rings. The molecule has 2 fully saturated rings. The van der Waals surface area contributed by atoms with Crippen LogP contribution in [0.3, 0.4) is 0 Å². The van der Waals surface area contributed by atoms with Crippen LogP contribution in [0.2, 0.25) is 0 Å². The van der Waals surface area contributed by atoms with Gasteiger partial charge in [0.1, 0.15) is 5.69 Å². The lowest BCUT2D eigenvalue weighted by Gasteiger charge is -2.31. The molecule has 2 aliphatic heterocycles. The van der Waals surface area contributed by atoms with Gasteiger partial charge in [0.2, 0.25) is 0 Å². The summed E-state index contributed by atoms with van der Waals surface area (Å²) >= 11 is 0. The zero-order valence-corrected chi connectivity index (χ0v) is 11.8. The van der Waals surface area contributed by atoms with Gasteiger partial charge in [-0.2, -0.15) is 0 Å². The molecule has 2 saturated heterocycles. The van der Waals surface area contributed by atoms with Gasteiger partial charge in [0, 0.05) is 30.5 Å². The SMILES string of the molecule is COC(=O)c1cc(N2CCCC2C2CCCN2)ccn1. The topological polar surface area (TPSA) is 54.5 Å². The van der Waals surface area contributed by atoms with E-state index in [9.17, 15) is 4.79 Å². The van der Waals surface area contributed by atoms with Crippen LogP contribution in [0.5, 0.6) is 0 Å². The van der Waals surface area contributed by atoms with Crippen LogP contribution in [0.4, 0.5) is 5.69 Å². The number of hydrogen-bond donors (Lipinski definition) is 1. The highest BCUT2D eigenvalue weighted by molar-refractivity contribution is 5.88. The first kappa shape index (κ1) is 13.4. The lowest BCUT2D eigenvalue weighted by Crippen LogP contribution is -2.44. The molecule has 0 radical (unpaired) electrons. The van der Waals surface area contributed by atoms with E-state index in [1.54, 1.807) is 6.20 Å². The van der Waals surface area contributed by atoms with Crippen molar-refractivity contribution in [3.8, 4) is 0 Å². The fraction of sp³-hybridized carbons (Fsp3) is 0.600. The molecule has 1 aromatic heterocycles. The second-order valence-electron chi connectivity index (χ2n) is 5.50. The van der Waals surface area contributed by atoms with Gasteiger partial charge in [-0.05, 0) is 44.4 Å². The molecule has 2 atom stereocenters. The maximum atomic E-state index is 11.6. The average molecular weight is 275 g/mol. The van der Waals surface area contributed by atoms with E-state index in [1.165, 1.54) is 32.8 Å². The Hall–Kier alpha value is -1.62. The third-order valence-corrected chi connectivity index (χ3v) is 4.33. The van der Waals surface area contributed by atoms with Crippen molar-refractivity contribution < 1.29 is 9.53 Å². The number of carbonyl (C=O) groups excluding carboxylic acids is 1. The van der Waals surface area contributed by atoms with Gasteiger partial charge in [-0.15, -0.1) is 0 Å². The van der Waals surface area contributed by atoms with Gasteiger partial charge < -0.3 is 15.0 Å². The number of pyridine rings is 1. The van der Waals surface area contributed by atoms with Crippen molar-refractivity contribution in [1.82, 2.24) is 10.3 Å². The lowest BCUT2D eigenvalue weighted by atomic mass is 10.0. The summed E-state index contributed by atoms with van der Waals surface area (Å²) in [4.78, 5) is 18.1. The monoisotopic (exact) mass is 275 g/mol. The van der Waals surface area contributed by atoms with Gasteiger partial charge in [-0.3, -0.25) is 0 Å². The predicted molar refractivity (Wildman–Crippen MR) is 77.0 cm³/mol. The minimum atomic E-state index is -0.374. The van der Waals surface area contributed by atoms with Gasteiger partial charge in [0.05, 0.1) is 7.11 Å². The molecule has 2 unspecified atom stereocenters. The lowest BCUT2D eigenvalue weighted by molar-refractivity contribution is 0.0594. The maximum absolute atomic E-state index is 11.6. The number of esters is 1. The van der Waals surface area contributed by atoms with Crippen molar-refractivity contribution >= 4 is 11.7 Å². The molecule has 108 valence electrons. The second-order valence-corrected chi connectivity index (χ2v) is 5.50. The maximum Gasteiger partial charge on any atom is 0.356 e. The number of aromatic nitrogens is 1. The third kappa shape index (κ3) is 2.50. The highest BCUT2D eigenvalue weighted by atomic mass is 16.5. The summed E-state index contributed by atoms with van der Waals surface area (Å²) in [7, 11) is 1.39. The molecular formula is C15H21N3O2. The number of nitrogens with zero attached hydrogens (tertiary/aromatic N) is 2. The second kappa shape index (κ2) is 5.79. The molecule has 0 saturated carbocycles. The highest BCUT2D eigenvalue weighted by Crippen LogP contribution is 2.30. The van der Waals surface area contributed by atoms with E-state index in [2.05, 4.69) is 15.2 Å². The number of carbonyl (C=O) groups is 1. The molecule has 0 aromatic carbocycles. The van der Waals surface area contributed by atoms with Gasteiger partial charge >= 0.3 is 5.97 Å². The van der Waals surface area contributed by atoms with Crippen molar-refractivity contribution in [2.45, 2.75) is 37.8 Å². The molecule has 5 nitrogen and oxygen atoms in total. The van der Waals surface area contributed by atoms with Crippen molar-refractivity contribution in [1.29, 1.82) is 0 Å². The number of nitrogens with one attached hydrogen (secondary N) is 1. The Morgan fingerprint density at radius 2 is 2.35 bits per heavy atom. The van der Waals surface area contributed by atoms with Crippen molar-refractivity contribution in [3.05, 3.63) is 24.0 Å². The number of hydrogen-bond acceptors (Lipinski definition) is 5. The first-order valence-electron chi connectivity index (χ1n) is 7.34. The number of anilines is 1. The molecule has 0 bridgehead atoms. The summed E-state index contributed by atoms with van der Waals surface area (Å²) in [5, 5.41) is 3.60. The van der Waals surface area contributed by atoms with Gasteiger partial charge in [-0.1, -0.05) is 0 Å². The average Bonchev–Trinajstić information content (AvgIpc) is 3.16. The van der Waals surface area contributed by atoms with E-state index in [1.807, 2.05) is 12.1 Å². The Labute approximate surface area is 119 Å². The highest BCUT2D eigenvalue weighted by Gasteiger charge is 2.33. The summed E-state index contributed by atoms with van der Waals surface area (Å²) in [5.41, 5.74) is 1.46. The summed E-state index contributed by atoms with van der Waals surface area (Å²) in [6.45, 7) is 2.17. The van der Waals surface area contributed by atoms with Gasteiger partial charge in [-0.25, -0.2) is 9.78 Å². The van der Waals surface area contributed by atoms with Gasteiger partial charge in [0.25, 0.3) is 0 Å². The molecule has 20 heavy (non-hydrogen) atoms. The van der Waals surface area contributed by atoms with E-state index in [0.717, 1.165) is 18.8 Å². The minimum absolute atomic E-state index is 0.374. The van der Waals surface area contributed by atoms with Crippen LogP contribution in [0, 0.1) is 0 Å². The van der Waals surface area contributed by atoms with Crippen molar-refractivity contribution in [3.63, 3.8) is 0 Å². The smallest absolute Gasteiger partial charge is 0.356 e. The molecule has 0 amide bonds. The largest absolute Gasteiger partial charge is 0.464 e. The molecule has 2 aliphatic rings. The molecule has 3 heterocycles. The van der Waals surface area contributed by atoms with E-state index < -0.39 is 0 Å². The fourth-order valence-corrected chi connectivity index (χ4v) is 3.39. The van der Waals surface area contributed by atoms with Crippen LogP contribution in [0.1, 0.15) is 36.2 Å². The van der Waals surface area contributed by atoms with Crippen molar-refractivity contribution in [2.24, 2.45) is 0 Å². The molecule has 1 N–H and O–H groups in total. The zero-order chi connectivity index (χ0) is 13.9. The van der Waals surface area contributed by atoms with Crippen LogP contribution >= 0.6 is 0 Å². The number of ether oxygens (including phenoxy) is 1. The third-order valence-electron chi connectivity index (χ3n) is 4.33. The van der Waals surface area contributed by atoms with Crippen LogP contribution < -0.4 is 10.2 Å². The zero-order valence-electron chi connectivity index (χ0n) is 11.8. The molecule has 3 rings (SSSR count). The summed E-state index contributed by atoms with van der Waals surface area (Å²) in [5.74, 6) is -0.374. The number of methoxy groups -OCH3 is 1. The molecular weight excluding hydrogens is 254 g/mol. The molecule has 0 aliphatic carbocycles. The minimum Gasteiger partial charge on any atom is -0.464 e. The normalized spacial score (nSPS) is 25.9. The van der Waals surface area contributed by atoms with Crippen LogP contribution in [-0.2, 0) is 4.74 Å². The predicted octanol–water partition coefficient (Wildman–Crippen LogP) is 1.59. The van der Waals surface area contributed by atoms with Gasteiger partial charge in [0.15, 0.2) is 0 Å². The van der Waals surface area contributed by atoms with Crippen molar-refractivity contribution in [2.75, 3.05) is 25.1 Å². The number of rotatable bonds is 3. The van der Waals surface area contributed by atoms with E-state index in [-0.39, 0.29) is 5.97 Å². The fourth-order valence-electron chi connectivity index (χ4n) is 3.39. The van der Waals surface area contributed by atoms with E-state index in [0.29, 0.717) is 17.8 Å². The Morgan fingerprint density at radius 3 is 3.10 bits per heavy atom. The summed E-state index contributed by atoms with van der Waals surface area (Å²) < 4.78 is 4.75. The first-order valence-corrected chi connectivity index (χ1v) is 7.34. The Bertz CT molecular complexity index is 486. The Morgan fingerprint density at radius 1 is 1.45 bits per heavy atom. The molecule has 5 heteroatoms. The summed E-state index contributed by atoms with van der Waals surface area (Å²) in [6, 6.07) is 4.94. The van der Waals surface area contributed by atoms with Crippen LogP contribution in [0.25, 0.3) is 0 Å². The summed E-state index contributed by atoms with van der Waals surface area (Å²) in [6.07, 6.45) is 6.63. The van der Waals surface area contributed by atoms with Crippen LogP contribution in [-0.4, -0.2) is 43.2 Å². The standard InChI is InChI=1S/C15H21N3O2/c1-20-15(19)13-10-11(6-8-17-13)18-9-3-5-14(18)12-4-2-7-16-12/h6,8,10,12,14,16H,2-5,7,9H2,1H3. The van der Waals surface area contributed by atoms with E-state index >= 15 is 0 Å². The van der Waals surface area contributed by atoms with E-state index in [4.69, 9.17) is 4.74 Å². The Kier molecular flexibility index (Phi) is 3.87. The first-order chi connectivity index (χ1) is 9.79. The quantitative estimate of drug-likeness (QED) is 0.849. The molecule has 0 spiro atoms. The Balaban J connectivity index is 1.82.